The van der Waals surface area contributed by atoms with Crippen LogP contribution in [0.2, 0.25) is 0 Å². The first kappa shape index (κ1) is 17.8. The molecule has 0 atom stereocenters. The van der Waals surface area contributed by atoms with Crippen molar-refractivity contribution in [3.8, 4) is 23.5 Å². The molecule has 3 aromatic heterocycles. The van der Waals surface area contributed by atoms with Crippen molar-refractivity contribution < 1.29 is 0 Å². The van der Waals surface area contributed by atoms with E-state index < -0.39 is 0 Å². The van der Waals surface area contributed by atoms with Gasteiger partial charge in [-0.15, -0.1) is 0 Å². The van der Waals surface area contributed by atoms with Gasteiger partial charge in [0.05, 0.1) is 48.5 Å². The van der Waals surface area contributed by atoms with Crippen LogP contribution in [0.25, 0.3) is 22.6 Å². The Morgan fingerprint density at radius 3 is 2.81 bits per heavy atom. The highest BCUT2D eigenvalue weighted by Gasteiger charge is 2.16. The summed E-state index contributed by atoms with van der Waals surface area (Å²) < 4.78 is 3.47. The number of nitrogens with two attached hydrogens (primary N) is 1. The number of rotatable bonds is 6. The molecule has 0 spiro atoms. The van der Waals surface area contributed by atoms with E-state index in [1.54, 1.807) is 42.7 Å². The summed E-state index contributed by atoms with van der Waals surface area (Å²) in [5.41, 5.74) is 8.46. The molecule has 0 aliphatic heterocycles. The molecule has 2 N–H and O–H groups in total. The normalized spacial score (nSPS) is 11.9. The van der Waals surface area contributed by atoms with Gasteiger partial charge >= 0.3 is 0 Å². The summed E-state index contributed by atoms with van der Waals surface area (Å²) >= 11 is 0. The zero-order valence-electron chi connectivity index (χ0n) is 14.7. The summed E-state index contributed by atoms with van der Waals surface area (Å²) in [5.74, 6) is 0.628. The molecule has 0 saturated carbocycles. The third-order valence-corrected chi connectivity index (χ3v) is 4.02. The van der Waals surface area contributed by atoms with Crippen LogP contribution in [0.1, 0.15) is 24.6 Å². The van der Waals surface area contributed by atoms with Gasteiger partial charge in [-0.1, -0.05) is 0 Å². The lowest BCUT2D eigenvalue weighted by Crippen LogP contribution is -2.08. The molecule has 9 heteroatoms. The maximum absolute atomic E-state index is 8.98. The standard InChI is InChI=1S/C18H17N9/c1-22-10-13(9-21)16-8-17-23-6-7-26(17)18(25-16)14-11-24-27(12-14)15(2-4-19)3-5-20/h6-12,15H,2-3,21H2,1H3. The van der Waals surface area contributed by atoms with E-state index in [1.807, 2.05) is 10.5 Å². The highest BCUT2D eigenvalue weighted by molar-refractivity contribution is 6.09. The van der Waals surface area contributed by atoms with Gasteiger partial charge in [0.2, 0.25) is 0 Å². The number of imidazole rings is 1. The number of nitrogens with zero attached hydrogens (tertiary/aromatic N) is 8. The molecular weight excluding hydrogens is 342 g/mol. The van der Waals surface area contributed by atoms with Gasteiger partial charge in [0.15, 0.2) is 0 Å². The number of fused-ring (bicyclic) bond motifs is 1. The fourth-order valence-corrected chi connectivity index (χ4v) is 2.73. The highest BCUT2D eigenvalue weighted by atomic mass is 15.3. The number of aromatic nitrogens is 5. The summed E-state index contributed by atoms with van der Waals surface area (Å²) in [6, 6.07) is 5.70. The largest absolute Gasteiger partial charge is 0.404 e. The summed E-state index contributed by atoms with van der Waals surface area (Å²) in [6.45, 7) is 0. The van der Waals surface area contributed by atoms with Gasteiger partial charge in [-0.25, -0.2) is 9.97 Å². The molecule has 0 bridgehead atoms. The minimum Gasteiger partial charge on any atom is -0.404 e. The van der Waals surface area contributed by atoms with Crippen LogP contribution in [0.3, 0.4) is 0 Å². The summed E-state index contributed by atoms with van der Waals surface area (Å²) in [7, 11) is 1.66. The summed E-state index contributed by atoms with van der Waals surface area (Å²) in [6.07, 6.45) is 10.4. The van der Waals surface area contributed by atoms with Gasteiger partial charge in [-0.05, 0) is 0 Å². The monoisotopic (exact) mass is 359 g/mol. The van der Waals surface area contributed by atoms with Gasteiger partial charge in [0, 0.05) is 49.7 Å². The van der Waals surface area contributed by atoms with Crippen LogP contribution >= 0.6 is 0 Å². The third-order valence-electron chi connectivity index (χ3n) is 4.02. The fraction of sp³-hybridized carbons (Fsp3) is 0.222. The number of hydrogen-bond donors (Lipinski definition) is 1. The third kappa shape index (κ3) is 3.53. The quantitative estimate of drug-likeness (QED) is 0.669. The van der Waals surface area contributed by atoms with E-state index in [0.29, 0.717) is 22.7 Å². The van der Waals surface area contributed by atoms with Crippen molar-refractivity contribution in [1.82, 2.24) is 24.1 Å². The SMILES string of the molecule is CN=CC(=CN)c1cc2nccn2c(-c2cnn(C(CC#N)CC#N)c2)n1. The molecular formula is C18H17N9. The maximum atomic E-state index is 8.98. The minimum atomic E-state index is -0.304. The molecule has 0 aromatic carbocycles. The molecule has 9 nitrogen and oxygen atoms in total. The lowest BCUT2D eigenvalue weighted by Gasteiger charge is -2.10. The molecule has 27 heavy (non-hydrogen) atoms. The number of allylic oxidation sites excluding steroid dienone is 1. The molecule has 0 saturated heterocycles. The van der Waals surface area contributed by atoms with Crippen LogP contribution in [0.15, 0.2) is 42.0 Å². The van der Waals surface area contributed by atoms with E-state index in [-0.39, 0.29) is 18.9 Å². The molecule has 0 aliphatic carbocycles. The minimum absolute atomic E-state index is 0.204. The Balaban J connectivity index is 2.11. The van der Waals surface area contributed by atoms with Crippen molar-refractivity contribution in [3.05, 3.63) is 42.7 Å². The Kier molecular flexibility index (Phi) is 5.24. The maximum Gasteiger partial charge on any atom is 0.149 e. The predicted octanol–water partition coefficient (Wildman–Crippen LogP) is 1.96. The van der Waals surface area contributed by atoms with E-state index in [2.05, 4.69) is 27.2 Å². The topological polar surface area (TPSA) is 134 Å². The van der Waals surface area contributed by atoms with Crippen LogP contribution < -0.4 is 5.73 Å². The lowest BCUT2D eigenvalue weighted by atomic mass is 10.1. The zero-order valence-corrected chi connectivity index (χ0v) is 14.7. The van der Waals surface area contributed by atoms with Crippen molar-refractivity contribution in [2.24, 2.45) is 10.7 Å². The Labute approximate surface area is 155 Å². The average Bonchev–Trinajstić information content (AvgIpc) is 3.34. The smallest absolute Gasteiger partial charge is 0.149 e. The van der Waals surface area contributed by atoms with E-state index >= 15 is 0 Å². The Bertz CT molecular complexity index is 1070. The van der Waals surface area contributed by atoms with Crippen molar-refractivity contribution in [1.29, 1.82) is 10.5 Å². The van der Waals surface area contributed by atoms with Crippen LogP contribution in [0, 0.1) is 22.7 Å². The van der Waals surface area contributed by atoms with Crippen LogP contribution in [-0.4, -0.2) is 37.4 Å². The van der Waals surface area contributed by atoms with Gasteiger partial charge in [-0.3, -0.25) is 14.1 Å². The molecule has 3 rings (SSSR count). The van der Waals surface area contributed by atoms with E-state index in [1.165, 1.54) is 6.20 Å². The first-order chi connectivity index (χ1) is 13.2. The zero-order chi connectivity index (χ0) is 19.2. The van der Waals surface area contributed by atoms with E-state index in [4.69, 9.17) is 21.2 Å². The van der Waals surface area contributed by atoms with Gasteiger partial charge in [-0.2, -0.15) is 15.6 Å². The molecule has 0 amide bonds. The molecule has 134 valence electrons. The fourth-order valence-electron chi connectivity index (χ4n) is 2.73. The summed E-state index contributed by atoms with van der Waals surface area (Å²) in [4.78, 5) is 13.0. The van der Waals surface area contributed by atoms with Crippen molar-refractivity contribution >= 4 is 17.4 Å². The molecule has 0 aliphatic rings. The highest BCUT2D eigenvalue weighted by Crippen LogP contribution is 2.24. The van der Waals surface area contributed by atoms with Crippen LogP contribution in [0.4, 0.5) is 0 Å². The summed E-state index contributed by atoms with van der Waals surface area (Å²) in [5, 5.41) is 22.3. The second kappa shape index (κ2) is 7.93. The van der Waals surface area contributed by atoms with Crippen molar-refractivity contribution in [2.75, 3.05) is 7.05 Å². The lowest BCUT2D eigenvalue weighted by molar-refractivity contribution is 0.470. The predicted molar refractivity (Wildman–Crippen MR) is 100 cm³/mol. The first-order valence-corrected chi connectivity index (χ1v) is 8.18. The van der Waals surface area contributed by atoms with E-state index in [9.17, 15) is 0 Å². The average molecular weight is 359 g/mol. The van der Waals surface area contributed by atoms with Crippen molar-refractivity contribution in [3.63, 3.8) is 0 Å². The Morgan fingerprint density at radius 2 is 2.15 bits per heavy atom. The molecule has 0 radical (unpaired) electrons. The van der Waals surface area contributed by atoms with Crippen LogP contribution in [0.5, 0.6) is 0 Å². The number of hydrogen-bond acceptors (Lipinski definition) is 7. The number of nitriles is 2. The molecule has 3 heterocycles. The Hall–Kier alpha value is -3.98. The molecule has 0 fully saturated rings. The molecule has 3 aromatic rings. The van der Waals surface area contributed by atoms with Gasteiger partial charge < -0.3 is 5.73 Å². The van der Waals surface area contributed by atoms with Gasteiger partial charge in [0.1, 0.15) is 11.5 Å². The van der Waals surface area contributed by atoms with Crippen LogP contribution in [-0.2, 0) is 0 Å². The second-order valence-corrected chi connectivity index (χ2v) is 5.72. The van der Waals surface area contributed by atoms with Crippen molar-refractivity contribution in [2.45, 2.75) is 18.9 Å². The first-order valence-electron chi connectivity index (χ1n) is 8.18. The van der Waals surface area contributed by atoms with Gasteiger partial charge in [0.25, 0.3) is 0 Å². The second-order valence-electron chi connectivity index (χ2n) is 5.72. The molecule has 0 unspecified atom stereocenters. The van der Waals surface area contributed by atoms with E-state index in [0.717, 1.165) is 5.56 Å². The Morgan fingerprint density at radius 1 is 1.37 bits per heavy atom. The number of aliphatic imine (C=N–C) groups is 1.